The molecule has 0 atom stereocenters. The quantitative estimate of drug-likeness (QED) is 0.622. The maximum absolute atomic E-state index is 11.6. The van der Waals surface area contributed by atoms with Gasteiger partial charge < -0.3 is 15.8 Å². The Labute approximate surface area is 109 Å². The number of benzene rings is 1. The molecule has 0 radical (unpaired) electrons. The van der Waals surface area contributed by atoms with Gasteiger partial charge in [0.15, 0.2) is 0 Å². The Kier molecular flexibility index (Phi) is 4.59. The van der Waals surface area contributed by atoms with Crippen LogP contribution in [-0.4, -0.2) is 18.6 Å². The molecule has 1 aromatic rings. The normalized spacial score (nSPS) is 11.1. The summed E-state index contributed by atoms with van der Waals surface area (Å²) < 4.78 is 4.71. The van der Waals surface area contributed by atoms with Crippen LogP contribution in [0.2, 0.25) is 0 Å². The molecule has 0 saturated heterocycles. The van der Waals surface area contributed by atoms with Crippen molar-refractivity contribution in [2.75, 3.05) is 18.2 Å². The van der Waals surface area contributed by atoms with Gasteiger partial charge in [0.1, 0.15) is 0 Å². The summed E-state index contributed by atoms with van der Waals surface area (Å²) in [4.78, 5) is 11.6. The summed E-state index contributed by atoms with van der Waals surface area (Å²) in [7, 11) is 1.35. The van der Waals surface area contributed by atoms with Gasteiger partial charge in [-0.2, -0.15) is 0 Å². The molecule has 0 fully saturated rings. The fraction of sp³-hybridized carbons (Fsp3) is 0.500. The third kappa shape index (κ3) is 2.94. The second-order valence-electron chi connectivity index (χ2n) is 4.65. The van der Waals surface area contributed by atoms with Crippen LogP contribution in [0.15, 0.2) is 18.2 Å². The molecule has 100 valence electrons. The van der Waals surface area contributed by atoms with Crippen molar-refractivity contribution in [3.05, 3.63) is 23.8 Å². The third-order valence-corrected chi connectivity index (χ3v) is 3.51. The molecule has 1 rings (SSSR count). The van der Waals surface area contributed by atoms with E-state index in [0.717, 1.165) is 18.5 Å². The zero-order chi connectivity index (χ0) is 13.8. The predicted molar refractivity (Wildman–Crippen MR) is 74.8 cm³/mol. The lowest BCUT2D eigenvalue weighted by Crippen LogP contribution is -2.33. The number of carbonyl (C=O) groups excluding carboxylic acids is 1. The first-order valence-corrected chi connectivity index (χ1v) is 6.22. The lowest BCUT2D eigenvalue weighted by molar-refractivity contribution is 0.0602. The summed E-state index contributed by atoms with van der Waals surface area (Å²) in [5.41, 5.74) is 7.61. The summed E-state index contributed by atoms with van der Waals surface area (Å²) in [6.45, 7) is 6.38. The average Bonchev–Trinajstić information content (AvgIpc) is 2.40. The number of rotatable bonds is 5. The van der Waals surface area contributed by atoms with Crippen molar-refractivity contribution in [1.82, 2.24) is 0 Å². The van der Waals surface area contributed by atoms with Gasteiger partial charge in [-0.15, -0.1) is 0 Å². The molecule has 0 amide bonds. The van der Waals surface area contributed by atoms with Gasteiger partial charge in [-0.1, -0.05) is 19.9 Å². The van der Waals surface area contributed by atoms with E-state index in [0.29, 0.717) is 11.3 Å². The van der Waals surface area contributed by atoms with Gasteiger partial charge in [0.05, 0.1) is 24.0 Å². The number of methoxy groups -OCH3 is 1. The summed E-state index contributed by atoms with van der Waals surface area (Å²) in [5.74, 6) is -0.411. The molecule has 0 saturated carbocycles. The Morgan fingerprint density at radius 2 is 2.00 bits per heavy atom. The molecule has 0 aliphatic heterocycles. The van der Waals surface area contributed by atoms with Crippen LogP contribution in [0.4, 0.5) is 11.4 Å². The maximum Gasteiger partial charge on any atom is 0.340 e. The highest BCUT2D eigenvalue weighted by Gasteiger charge is 2.21. The summed E-state index contributed by atoms with van der Waals surface area (Å²) in [6.07, 6.45) is 1.96. The van der Waals surface area contributed by atoms with Gasteiger partial charge in [-0.25, -0.2) is 4.79 Å². The molecule has 0 spiro atoms. The molecule has 18 heavy (non-hydrogen) atoms. The molecule has 0 aromatic heterocycles. The third-order valence-electron chi connectivity index (χ3n) is 3.51. The molecule has 1 aromatic carbocycles. The van der Waals surface area contributed by atoms with E-state index < -0.39 is 5.97 Å². The minimum absolute atomic E-state index is 0.0249. The molecule has 4 heteroatoms. The van der Waals surface area contributed by atoms with Crippen molar-refractivity contribution in [1.29, 1.82) is 0 Å². The fourth-order valence-corrected chi connectivity index (χ4v) is 1.71. The van der Waals surface area contributed by atoms with Gasteiger partial charge in [0, 0.05) is 5.54 Å². The van der Waals surface area contributed by atoms with Crippen molar-refractivity contribution in [3.63, 3.8) is 0 Å². The van der Waals surface area contributed by atoms with E-state index in [1.165, 1.54) is 7.11 Å². The van der Waals surface area contributed by atoms with Crippen LogP contribution in [0.3, 0.4) is 0 Å². The van der Waals surface area contributed by atoms with Crippen LogP contribution < -0.4 is 11.1 Å². The van der Waals surface area contributed by atoms with Gasteiger partial charge >= 0.3 is 5.97 Å². The fourth-order valence-electron chi connectivity index (χ4n) is 1.71. The Morgan fingerprint density at radius 3 is 2.50 bits per heavy atom. The van der Waals surface area contributed by atoms with Crippen LogP contribution in [-0.2, 0) is 4.74 Å². The van der Waals surface area contributed by atoms with Crippen molar-refractivity contribution in [2.24, 2.45) is 0 Å². The van der Waals surface area contributed by atoms with Crippen LogP contribution in [0.1, 0.15) is 44.0 Å². The van der Waals surface area contributed by atoms with Gasteiger partial charge in [0.2, 0.25) is 0 Å². The molecule has 3 N–H and O–H groups in total. The SMILES string of the molecule is CCC(C)(CC)Nc1cccc(C(=O)OC)c1N. The molecule has 0 bridgehead atoms. The second-order valence-corrected chi connectivity index (χ2v) is 4.65. The van der Waals surface area contributed by atoms with E-state index in [9.17, 15) is 4.79 Å². The first kappa shape index (κ1) is 14.4. The number of nitrogens with two attached hydrogens (primary N) is 1. The highest BCUT2D eigenvalue weighted by atomic mass is 16.5. The smallest absolute Gasteiger partial charge is 0.340 e. The van der Waals surface area contributed by atoms with Crippen LogP contribution >= 0.6 is 0 Å². The number of ether oxygens (including phenoxy) is 1. The lowest BCUT2D eigenvalue weighted by Gasteiger charge is -2.30. The molecule has 0 unspecified atom stereocenters. The average molecular weight is 250 g/mol. The molecule has 0 aliphatic carbocycles. The molecule has 0 aliphatic rings. The number of hydrogen-bond donors (Lipinski definition) is 2. The van der Waals surface area contributed by atoms with Gasteiger partial charge in [-0.3, -0.25) is 0 Å². The number of nitrogens with one attached hydrogen (secondary N) is 1. The Bertz CT molecular complexity index is 426. The van der Waals surface area contributed by atoms with Crippen molar-refractivity contribution in [3.8, 4) is 0 Å². The van der Waals surface area contributed by atoms with Crippen LogP contribution in [0.5, 0.6) is 0 Å². The largest absolute Gasteiger partial charge is 0.465 e. The number of nitrogen functional groups attached to an aromatic ring is 1. The molecular formula is C14H22N2O2. The first-order valence-electron chi connectivity index (χ1n) is 6.22. The summed E-state index contributed by atoms with van der Waals surface area (Å²) in [6, 6.07) is 5.35. The van der Waals surface area contributed by atoms with E-state index in [4.69, 9.17) is 10.5 Å². The van der Waals surface area contributed by atoms with E-state index in [1.807, 2.05) is 6.07 Å². The maximum atomic E-state index is 11.6. The minimum Gasteiger partial charge on any atom is -0.465 e. The molecule has 4 nitrogen and oxygen atoms in total. The molecular weight excluding hydrogens is 228 g/mol. The Hall–Kier alpha value is -1.71. The van der Waals surface area contributed by atoms with Crippen molar-refractivity contribution in [2.45, 2.75) is 39.2 Å². The van der Waals surface area contributed by atoms with Crippen LogP contribution in [0.25, 0.3) is 0 Å². The number of carbonyl (C=O) groups is 1. The Balaban J connectivity index is 3.08. The highest BCUT2D eigenvalue weighted by Crippen LogP contribution is 2.28. The second kappa shape index (κ2) is 5.76. The standard InChI is InChI=1S/C14H22N2O2/c1-5-14(3,6-2)16-11-9-7-8-10(12(11)15)13(17)18-4/h7-9,16H,5-6,15H2,1-4H3. The number of para-hydroxylation sites is 1. The zero-order valence-electron chi connectivity index (χ0n) is 11.5. The first-order chi connectivity index (χ1) is 8.47. The number of anilines is 2. The van der Waals surface area contributed by atoms with E-state index in [-0.39, 0.29) is 5.54 Å². The van der Waals surface area contributed by atoms with Gasteiger partial charge in [-0.05, 0) is 31.9 Å². The molecule has 0 heterocycles. The zero-order valence-corrected chi connectivity index (χ0v) is 11.5. The number of esters is 1. The Morgan fingerprint density at radius 1 is 1.39 bits per heavy atom. The lowest BCUT2D eigenvalue weighted by atomic mass is 9.94. The van der Waals surface area contributed by atoms with E-state index >= 15 is 0 Å². The predicted octanol–water partition coefficient (Wildman–Crippen LogP) is 3.05. The summed E-state index contributed by atoms with van der Waals surface area (Å²) >= 11 is 0. The van der Waals surface area contributed by atoms with E-state index in [1.54, 1.807) is 12.1 Å². The highest BCUT2D eigenvalue weighted by molar-refractivity contribution is 5.98. The van der Waals surface area contributed by atoms with E-state index in [2.05, 4.69) is 26.1 Å². The van der Waals surface area contributed by atoms with Crippen LogP contribution in [0, 0.1) is 0 Å². The monoisotopic (exact) mass is 250 g/mol. The summed E-state index contributed by atoms with van der Waals surface area (Å²) in [5, 5.41) is 3.41. The number of hydrogen-bond acceptors (Lipinski definition) is 4. The van der Waals surface area contributed by atoms with Crippen molar-refractivity contribution >= 4 is 17.3 Å². The van der Waals surface area contributed by atoms with Gasteiger partial charge in [0.25, 0.3) is 0 Å². The minimum atomic E-state index is -0.411. The topological polar surface area (TPSA) is 64.3 Å². The van der Waals surface area contributed by atoms with Crippen molar-refractivity contribution < 1.29 is 9.53 Å².